The van der Waals surface area contributed by atoms with Crippen LogP contribution in [0.3, 0.4) is 0 Å². The Labute approximate surface area is 110 Å². The molecule has 1 aromatic heterocycles. The van der Waals surface area contributed by atoms with E-state index in [1.54, 1.807) is 18.4 Å². The summed E-state index contributed by atoms with van der Waals surface area (Å²) in [5, 5.41) is 1.48. The molecule has 0 aliphatic carbocycles. The van der Waals surface area contributed by atoms with Crippen molar-refractivity contribution in [2.75, 3.05) is 12.0 Å². The van der Waals surface area contributed by atoms with Gasteiger partial charge in [0, 0.05) is 6.07 Å². The van der Waals surface area contributed by atoms with Crippen LogP contribution >= 0.6 is 0 Å². The Morgan fingerprint density at radius 2 is 2.05 bits per heavy atom. The summed E-state index contributed by atoms with van der Waals surface area (Å²) in [5.74, 6) is 0.525. The molecular weight excluding hydrogens is 244 g/mol. The third-order valence-corrected chi connectivity index (χ3v) is 3.03. The van der Waals surface area contributed by atoms with Gasteiger partial charge >= 0.3 is 6.09 Å². The molecule has 0 spiro atoms. The zero-order chi connectivity index (χ0) is 13.1. The predicted molar refractivity (Wildman–Crippen MR) is 69.5 cm³/mol. The van der Waals surface area contributed by atoms with Gasteiger partial charge in [0.1, 0.15) is 6.61 Å². The molecule has 1 saturated heterocycles. The summed E-state index contributed by atoms with van der Waals surface area (Å²) >= 11 is 0. The summed E-state index contributed by atoms with van der Waals surface area (Å²) in [6.07, 6.45) is 1.91. The van der Waals surface area contributed by atoms with Crippen LogP contribution in [0.5, 0.6) is 0 Å². The second-order valence-electron chi connectivity index (χ2n) is 4.38. The van der Waals surface area contributed by atoms with E-state index in [2.05, 4.69) is 5.43 Å². The summed E-state index contributed by atoms with van der Waals surface area (Å²) in [5.41, 5.74) is 4.10. The van der Waals surface area contributed by atoms with Crippen LogP contribution in [0.25, 0.3) is 0 Å². The molecular formula is C14H14N2O3. The maximum absolute atomic E-state index is 11.7. The van der Waals surface area contributed by atoms with Gasteiger partial charge in [-0.1, -0.05) is 30.3 Å². The van der Waals surface area contributed by atoms with E-state index in [0.717, 1.165) is 12.0 Å². The topological polar surface area (TPSA) is 54.7 Å². The number of ether oxygens (including phenoxy) is 1. The number of cyclic esters (lactones) is 1. The van der Waals surface area contributed by atoms with Gasteiger partial charge < -0.3 is 9.15 Å². The first kappa shape index (κ1) is 11.6. The monoisotopic (exact) mass is 258 g/mol. The molecule has 0 unspecified atom stereocenters. The number of nitrogens with one attached hydrogen (secondary N) is 1. The second kappa shape index (κ2) is 5.06. The maximum Gasteiger partial charge on any atom is 0.429 e. The fourth-order valence-corrected chi connectivity index (χ4v) is 2.09. The summed E-state index contributed by atoms with van der Waals surface area (Å²) in [6, 6.07) is 13.5. The van der Waals surface area contributed by atoms with E-state index in [9.17, 15) is 4.79 Å². The van der Waals surface area contributed by atoms with Crippen LogP contribution in [0.15, 0.2) is 53.1 Å². The van der Waals surface area contributed by atoms with E-state index < -0.39 is 0 Å². The first-order valence-corrected chi connectivity index (χ1v) is 6.13. The first-order chi connectivity index (χ1) is 9.33. The lowest BCUT2D eigenvalue weighted by molar-refractivity contribution is 0.162. The molecule has 5 nitrogen and oxygen atoms in total. The molecule has 98 valence electrons. The lowest BCUT2D eigenvalue weighted by Gasteiger charge is -2.21. The summed E-state index contributed by atoms with van der Waals surface area (Å²) < 4.78 is 10.3. The molecule has 0 saturated carbocycles. The Morgan fingerprint density at radius 3 is 2.79 bits per heavy atom. The smallest absolute Gasteiger partial charge is 0.429 e. The van der Waals surface area contributed by atoms with Crippen molar-refractivity contribution in [2.24, 2.45) is 0 Å². The quantitative estimate of drug-likeness (QED) is 0.916. The Kier molecular flexibility index (Phi) is 3.10. The Balaban J connectivity index is 1.71. The van der Waals surface area contributed by atoms with E-state index in [1.807, 2.05) is 30.3 Å². The van der Waals surface area contributed by atoms with Crippen LogP contribution in [0.1, 0.15) is 5.56 Å². The number of rotatable bonds is 4. The van der Waals surface area contributed by atoms with E-state index in [1.165, 1.54) is 5.01 Å². The Hall–Kier alpha value is -2.43. The van der Waals surface area contributed by atoms with E-state index in [-0.39, 0.29) is 12.1 Å². The summed E-state index contributed by atoms with van der Waals surface area (Å²) in [4.78, 5) is 11.7. The zero-order valence-electron chi connectivity index (χ0n) is 10.3. The number of benzene rings is 1. The number of hydrogen-bond acceptors (Lipinski definition) is 4. The van der Waals surface area contributed by atoms with Crippen LogP contribution in [0.4, 0.5) is 10.7 Å². The average molecular weight is 258 g/mol. The van der Waals surface area contributed by atoms with E-state index >= 15 is 0 Å². The van der Waals surface area contributed by atoms with Gasteiger partial charge in [0.15, 0.2) is 0 Å². The highest BCUT2D eigenvalue weighted by atomic mass is 16.6. The van der Waals surface area contributed by atoms with Gasteiger partial charge in [0.25, 0.3) is 0 Å². The SMILES string of the molecule is O=C1OC[C@H](Cc2ccccc2)N1Nc1ccco1. The van der Waals surface area contributed by atoms with Crippen LogP contribution < -0.4 is 5.43 Å². The molecule has 19 heavy (non-hydrogen) atoms. The maximum atomic E-state index is 11.7. The Morgan fingerprint density at radius 1 is 1.21 bits per heavy atom. The molecule has 5 heteroatoms. The number of nitrogens with zero attached hydrogens (tertiary/aromatic N) is 1. The second-order valence-corrected chi connectivity index (χ2v) is 4.38. The fourth-order valence-electron chi connectivity index (χ4n) is 2.09. The van der Waals surface area contributed by atoms with Crippen molar-refractivity contribution in [1.29, 1.82) is 0 Å². The molecule has 2 heterocycles. The highest BCUT2D eigenvalue weighted by molar-refractivity contribution is 5.71. The molecule has 3 rings (SSSR count). The van der Waals surface area contributed by atoms with Crippen molar-refractivity contribution in [2.45, 2.75) is 12.5 Å². The Bertz CT molecular complexity index is 539. The third-order valence-electron chi connectivity index (χ3n) is 3.03. The molecule has 1 fully saturated rings. The molecule has 0 radical (unpaired) electrons. The van der Waals surface area contributed by atoms with Gasteiger partial charge in [0.05, 0.1) is 12.3 Å². The summed E-state index contributed by atoms with van der Waals surface area (Å²) in [7, 11) is 0. The van der Waals surface area contributed by atoms with Crippen LogP contribution in [-0.4, -0.2) is 23.8 Å². The largest absolute Gasteiger partial charge is 0.447 e. The highest BCUT2D eigenvalue weighted by Gasteiger charge is 2.33. The van der Waals surface area contributed by atoms with Gasteiger partial charge in [-0.2, -0.15) is 0 Å². The summed E-state index contributed by atoms with van der Waals surface area (Å²) in [6.45, 7) is 0.376. The molecule has 1 amide bonds. The lowest BCUT2D eigenvalue weighted by atomic mass is 10.1. The fraction of sp³-hybridized carbons (Fsp3) is 0.214. The third kappa shape index (κ3) is 2.54. The van der Waals surface area contributed by atoms with Crippen molar-refractivity contribution in [3.63, 3.8) is 0 Å². The lowest BCUT2D eigenvalue weighted by Crippen LogP contribution is -2.39. The van der Waals surface area contributed by atoms with Gasteiger partial charge in [0.2, 0.25) is 5.88 Å². The molecule has 1 aromatic carbocycles. The minimum absolute atomic E-state index is 0.0417. The van der Waals surface area contributed by atoms with E-state index in [4.69, 9.17) is 9.15 Å². The van der Waals surface area contributed by atoms with Gasteiger partial charge in [-0.05, 0) is 18.1 Å². The van der Waals surface area contributed by atoms with Gasteiger partial charge in [-0.15, -0.1) is 0 Å². The number of carbonyl (C=O) groups excluding carboxylic acids is 1. The molecule has 1 aliphatic rings. The van der Waals surface area contributed by atoms with Crippen molar-refractivity contribution in [3.8, 4) is 0 Å². The van der Waals surface area contributed by atoms with Crippen LogP contribution in [0.2, 0.25) is 0 Å². The number of furan rings is 1. The molecule has 0 bridgehead atoms. The van der Waals surface area contributed by atoms with Gasteiger partial charge in [-0.3, -0.25) is 5.43 Å². The van der Waals surface area contributed by atoms with Crippen molar-refractivity contribution < 1.29 is 13.9 Å². The number of amides is 1. The zero-order valence-corrected chi connectivity index (χ0v) is 10.3. The number of anilines is 1. The molecule has 1 atom stereocenters. The minimum Gasteiger partial charge on any atom is -0.447 e. The van der Waals surface area contributed by atoms with Crippen molar-refractivity contribution in [3.05, 3.63) is 54.3 Å². The molecule has 1 aliphatic heterocycles. The van der Waals surface area contributed by atoms with Crippen LogP contribution in [0, 0.1) is 0 Å². The minimum atomic E-state index is -0.377. The van der Waals surface area contributed by atoms with Gasteiger partial charge in [-0.25, -0.2) is 9.80 Å². The van der Waals surface area contributed by atoms with Crippen LogP contribution in [-0.2, 0) is 11.2 Å². The highest BCUT2D eigenvalue weighted by Crippen LogP contribution is 2.19. The normalized spacial score (nSPS) is 18.4. The number of carbonyl (C=O) groups is 1. The average Bonchev–Trinajstić information content (AvgIpc) is 3.05. The van der Waals surface area contributed by atoms with Crippen molar-refractivity contribution >= 4 is 12.0 Å². The first-order valence-electron chi connectivity index (χ1n) is 6.13. The molecule has 2 aromatic rings. The number of hydrazine groups is 1. The number of hydrogen-bond donors (Lipinski definition) is 1. The standard InChI is InChI=1S/C14H14N2O3/c17-14-16(15-13-7-4-8-18-13)12(10-19-14)9-11-5-2-1-3-6-11/h1-8,12,15H,9-10H2/t12-/m0/s1. The van der Waals surface area contributed by atoms with E-state index in [0.29, 0.717) is 12.5 Å². The van der Waals surface area contributed by atoms with Crippen molar-refractivity contribution in [1.82, 2.24) is 5.01 Å². The molecule has 1 N–H and O–H groups in total. The predicted octanol–water partition coefficient (Wildman–Crippen LogP) is 2.67.